The first kappa shape index (κ1) is 22.7. The Hall–Kier alpha value is -3.73. The molecule has 5 heterocycles. The summed E-state index contributed by atoms with van der Waals surface area (Å²) in [5, 5.41) is 9.79. The Morgan fingerprint density at radius 3 is 2.83 bits per heavy atom. The largest absolute Gasteiger partial charge is 0.397 e. The number of pyridine rings is 1. The molecule has 0 radical (unpaired) electrons. The standard InChI is InChI=1S/C26H25N7OS2/c27-18-5-1-2-6-19(18)29-25(34)22-7-8-24(36-22)31-26-30-20(16-35-26)21-14-28-23-13-17(9-12-33(21)23)15-32-10-3-4-11-32/h1-2,5-9,12-14,16H,3-4,10-11,15,27H2,(H,29,34)(H,30,31). The van der Waals surface area contributed by atoms with E-state index in [-0.39, 0.29) is 5.91 Å². The average Bonchev–Trinajstić information content (AvgIpc) is 3.68. The molecule has 4 N–H and O–H groups in total. The molecule has 4 aromatic heterocycles. The van der Waals surface area contributed by atoms with Crippen LogP contribution in [-0.2, 0) is 6.54 Å². The van der Waals surface area contributed by atoms with Crippen molar-refractivity contribution in [3.8, 4) is 11.4 Å². The second kappa shape index (κ2) is 9.73. The number of thiophene rings is 1. The Bertz CT molecular complexity index is 1530. The molecule has 1 aromatic carbocycles. The Morgan fingerprint density at radius 2 is 1.97 bits per heavy atom. The van der Waals surface area contributed by atoms with Crippen LogP contribution in [0.15, 0.2) is 66.3 Å². The zero-order valence-electron chi connectivity index (χ0n) is 19.5. The lowest BCUT2D eigenvalue weighted by Crippen LogP contribution is -2.18. The fraction of sp³-hybridized carbons (Fsp3) is 0.192. The smallest absolute Gasteiger partial charge is 0.265 e. The number of likely N-dealkylation sites (tertiary alicyclic amines) is 1. The Morgan fingerprint density at radius 1 is 1.11 bits per heavy atom. The number of nitrogens with zero attached hydrogens (tertiary/aromatic N) is 4. The van der Waals surface area contributed by atoms with Crippen LogP contribution >= 0.6 is 22.7 Å². The van der Waals surface area contributed by atoms with Gasteiger partial charge in [-0.15, -0.1) is 22.7 Å². The number of nitrogens with one attached hydrogen (secondary N) is 2. The van der Waals surface area contributed by atoms with E-state index in [1.165, 1.54) is 54.2 Å². The molecule has 8 nitrogen and oxygen atoms in total. The molecule has 1 saturated heterocycles. The molecular weight excluding hydrogens is 490 g/mol. The number of rotatable bonds is 7. The number of imidazole rings is 1. The normalized spacial score (nSPS) is 13.9. The molecule has 0 bridgehead atoms. The van der Waals surface area contributed by atoms with Crippen molar-refractivity contribution in [1.82, 2.24) is 19.3 Å². The van der Waals surface area contributed by atoms with E-state index >= 15 is 0 Å². The highest BCUT2D eigenvalue weighted by Crippen LogP contribution is 2.31. The van der Waals surface area contributed by atoms with Crippen LogP contribution in [-0.4, -0.2) is 38.3 Å². The van der Waals surface area contributed by atoms with Crippen molar-refractivity contribution in [2.24, 2.45) is 0 Å². The van der Waals surface area contributed by atoms with Crippen LogP contribution in [0, 0.1) is 0 Å². The monoisotopic (exact) mass is 515 g/mol. The Balaban J connectivity index is 1.14. The van der Waals surface area contributed by atoms with Crippen LogP contribution in [0.1, 0.15) is 28.1 Å². The van der Waals surface area contributed by atoms with Gasteiger partial charge in [0.05, 0.1) is 33.1 Å². The summed E-state index contributed by atoms with van der Waals surface area (Å²) in [4.78, 5) is 25.1. The van der Waals surface area contributed by atoms with E-state index in [0.29, 0.717) is 16.3 Å². The summed E-state index contributed by atoms with van der Waals surface area (Å²) in [6.07, 6.45) is 6.54. The number of amides is 1. The number of para-hydroxylation sites is 2. The van der Waals surface area contributed by atoms with Crippen LogP contribution < -0.4 is 16.4 Å². The zero-order chi connectivity index (χ0) is 24.5. The maximum atomic E-state index is 12.6. The third kappa shape index (κ3) is 4.70. The third-order valence-corrected chi connectivity index (χ3v) is 7.98. The first-order valence-corrected chi connectivity index (χ1v) is 13.5. The summed E-state index contributed by atoms with van der Waals surface area (Å²) in [5.41, 5.74) is 11.1. The summed E-state index contributed by atoms with van der Waals surface area (Å²) < 4.78 is 2.08. The van der Waals surface area contributed by atoms with E-state index in [9.17, 15) is 4.79 Å². The van der Waals surface area contributed by atoms with Crippen LogP contribution in [0.25, 0.3) is 17.0 Å². The second-order valence-corrected chi connectivity index (χ2v) is 10.7. The number of hydrogen-bond acceptors (Lipinski definition) is 8. The minimum absolute atomic E-state index is 0.194. The first-order chi connectivity index (χ1) is 17.6. The number of carbonyl (C=O) groups excluding carboxylic acids is 1. The van der Waals surface area contributed by atoms with E-state index in [4.69, 9.17) is 10.7 Å². The van der Waals surface area contributed by atoms with Gasteiger partial charge in [0.2, 0.25) is 0 Å². The van der Waals surface area contributed by atoms with Gasteiger partial charge in [-0.05, 0) is 67.9 Å². The Labute approximate surface area is 216 Å². The van der Waals surface area contributed by atoms with E-state index in [2.05, 4.69) is 43.2 Å². The van der Waals surface area contributed by atoms with Gasteiger partial charge in [0, 0.05) is 18.1 Å². The number of nitrogen functional groups attached to an aromatic ring is 1. The molecule has 0 unspecified atom stereocenters. The summed E-state index contributed by atoms with van der Waals surface area (Å²) in [6, 6.07) is 15.2. The van der Waals surface area contributed by atoms with E-state index in [0.717, 1.165) is 33.7 Å². The fourth-order valence-electron chi connectivity index (χ4n) is 4.39. The highest BCUT2D eigenvalue weighted by Gasteiger charge is 2.15. The van der Waals surface area contributed by atoms with Crippen molar-refractivity contribution in [2.45, 2.75) is 19.4 Å². The fourth-order valence-corrected chi connectivity index (χ4v) is 5.97. The van der Waals surface area contributed by atoms with Gasteiger partial charge in [0.1, 0.15) is 11.3 Å². The minimum atomic E-state index is -0.194. The maximum Gasteiger partial charge on any atom is 0.265 e. The molecule has 1 aliphatic rings. The van der Waals surface area contributed by atoms with Gasteiger partial charge < -0.3 is 16.4 Å². The molecule has 1 fully saturated rings. The van der Waals surface area contributed by atoms with Crippen molar-refractivity contribution in [3.05, 3.63) is 76.7 Å². The van der Waals surface area contributed by atoms with Crippen LogP contribution in [0.3, 0.4) is 0 Å². The highest BCUT2D eigenvalue weighted by molar-refractivity contribution is 7.19. The zero-order valence-corrected chi connectivity index (χ0v) is 21.1. The molecule has 36 heavy (non-hydrogen) atoms. The van der Waals surface area contributed by atoms with E-state index < -0.39 is 0 Å². The topological polar surface area (TPSA) is 101 Å². The molecule has 1 aliphatic heterocycles. The lowest BCUT2D eigenvalue weighted by molar-refractivity contribution is 0.103. The van der Waals surface area contributed by atoms with E-state index in [1.807, 2.05) is 29.8 Å². The molecule has 1 amide bonds. The van der Waals surface area contributed by atoms with Crippen molar-refractivity contribution < 1.29 is 4.79 Å². The van der Waals surface area contributed by atoms with Crippen molar-refractivity contribution in [1.29, 1.82) is 0 Å². The molecule has 0 aliphatic carbocycles. The van der Waals surface area contributed by atoms with Gasteiger partial charge in [0.15, 0.2) is 5.13 Å². The second-order valence-electron chi connectivity index (χ2n) is 8.76. The number of carbonyl (C=O) groups is 1. The molecular formula is C26H25N7OS2. The summed E-state index contributed by atoms with van der Waals surface area (Å²) >= 11 is 2.88. The van der Waals surface area contributed by atoms with Gasteiger partial charge in [0.25, 0.3) is 5.91 Å². The number of hydrogen-bond donors (Lipinski definition) is 3. The predicted octanol–water partition coefficient (Wildman–Crippen LogP) is 5.69. The van der Waals surface area contributed by atoms with E-state index in [1.54, 1.807) is 18.2 Å². The summed E-state index contributed by atoms with van der Waals surface area (Å²) in [5.74, 6) is -0.194. The molecule has 182 valence electrons. The molecule has 10 heteroatoms. The number of nitrogens with two attached hydrogens (primary N) is 1. The van der Waals surface area contributed by atoms with Crippen LogP contribution in [0.4, 0.5) is 21.5 Å². The van der Waals surface area contributed by atoms with Gasteiger partial charge >= 0.3 is 0 Å². The van der Waals surface area contributed by atoms with Gasteiger partial charge in [-0.3, -0.25) is 14.1 Å². The van der Waals surface area contributed by atoms with Crippen molar-refractivity contribution in [2.75, 3.05) is 29.5 Å². The quantitative estimate of drug-likeness (QED) is 0.241. The molecule has 0 spiro atoms. The molecule has 5 aromatic rings. The summed E-state index contributed by atoms with van der Waals surface area (Å²) in [7, 11) is 0. The molecule has 6 rings (SSSR count). The van der Waals surface area contributed by atoms with Gasteiger partial charge in [-0.2, -0.15) is 0 Å². The minimum Gasteiger partial charge on any atom is -0.397 e. The number of benzene rings is 1. The average molecular weight is 516 g/mol. The molecule has 0 saturated carbocycles. The Kier molecular flexibility index (Phi) is 6.14. The first-order valence-electron chi connectivity index (χ1n) is 11.8. The number of aromatic nitrogens is 3. The predicted molar refractivity (Wildman–Crippen MR) is 147 cm³/mol. The van der Waals surface area contributed by atoms with Crippen LogP contribution in [0.5, 0.6) is 0 Å². The lowest BCUT2D eigenvalue weighted by atomic mass is 10.2. The van der Waals surface area contributed by atoms with Crippen molar-refractivity contribution in [3.63, 3.8) is 0 Å². The number of fused-ring (bicyclic) bond motifs is 1. The van der Waals surface area contributed by atoms with Gasteiger partial charge in [-0.1, -0.05) is 12.1 Å². The number of thiazole rings is 1. The molecule has 0 atom stereocenters. The van der Waals surface area contributed by atoms with Crippen LogP contribution in [0.2, 0.25) is 0 Å². The van der Waals surface area contributed by atoms with Crippen molar-refractivity contribution >= 4 is 55.7 Å². The van der Waals surface area contributed by atoms with Gasteiger partial charge in [-0.25, -0.2) is 9.97 Å². The highest BCUT2D eigenvalue weighted by atomic mass is 32.1. The summed E-state index contributed by atoms with van der Waals surface area (Å²) in [6.45, 7) is 3.33. The number of anilines is 4. The lowest BCUT2D eigenvalue weighted by Gasteiger charge is -2.14. The SMILES string of the molecule is Nc1ccccc1NC(=O)c1ccc(Nc2nc(-c3cnc4cc(CN5CCCC5)ccn34)cs2)s1. The maximum absolute atomic E-state index is 12.6. The third-order valence-electron chi connectivity index (χ3n) is 6.22.